The summed E-state index contributed by atoms with van der Waals surface area (Å²) in [6.07, 6.45) is 8.00. The van der Waals surface area contributed by atoms with E-state index in [0.29, 0.717) is 5.69 Å². The van der Waals surface area contributed by atoms with Crippen molar-refractivity contribution < 1.29 is 9.90 Å². The fourth-order valence-corrected chi connectivity index (χ4v) is 0.870. The van der Waals surface area contributed by atoms with Gasteiger partial charge in [0.05, 0.1) is 6.33 Å². The van der Waals surface area contributed by atoms with Gasteiger partial charge in [0.1, 0.15) is 0 Å². The van der Waals surface area contributed by atoms with E-state index in [0.717, 1.165) is 0 Å². The largest absolute Gasteiger partial charge is 0.479 e. The highest BCUT2D eigenvalue weighted by Gasteiger charge is 2.32. The van der Waals surface area contributed by atoms with Crippen molar-refractivity contribution >= 4 is 18.4 Å². The molecule has 6 heteroatoms. The molecule has 0 saturated heterocycles. The van der Waals surface area contributed by atoms with Crippen molar-refractivity contribution in [3.63, 3.8) is 0 Å². The van der Waals surface area contributed by atoms with E-state index in [1.165, 1.54) is 12.5 Å². The molecule has 1 heterocycles. The number of imidazole rings is 1. The average Bonchev–Trinajstić information content (AvgIpc) is 2.56. The monoisotopic (exact) mass is 215 g/mol. The zero-order valence-electron chi connectivity index (χ0n) is 7.23. The first-order valence-electron chi connectivity index (χ1n) is 3.56. The van der Waals surface area contributed by atoms with Gasteiger partial charge >= 0.3 is 5.97 Å². The van der Waals surface area contributed by atoms with E-state index in [2.05, 4.69) is 9.97 Å². The molecule has 0 saturated carbocycles. The molecule has 1 rings (SSSR count). The van der Waals surface area contributed by atoms with Crippen molar-refractivity contribution in [3.8, 4) is 12.3 Å². The van der Waals surface area contributed by atoms with Crippen molar-refractivity contribution in [2.75, 3.05) is 0 Å². The van der Waals surface area contributed by atoms with Crippen LogP contribution in [0.1, 0.15) is 5.69 Å². The third-order valence-corrected chi connectivity index (χ3v) is 1.66. The minimum atomic E-state index is -1.66. The molecule has 0 amide bonds. The standard InChI is InChI=1S/C8H9N3O2.ClH/c1-2-8(9,7(12)13)3-6-4-10-5-11-6;/h1,4-5H,3,9H2,(H,10,11)(H,12,13);1H. The second kappa shape index (κ2) is 4.65. The Labute approximate surface area is 87.1 Å². The molecule has 1 atom stereocenters. The normalized spacial score (nSPS) is 13.4. The molecule has 1 aromatic rings. The lowest BCUT2D eigenvalue weighted by molar-refractivity contribution is -0.141. The Kier molecular flexibility index (Phi) is 4.15. The Hall–Kier alpha value is -1.51. The minimum absolute atomic E-state index is 0. The molecule has 14 heavy (non-hydrogen) atoms. The van der Waals surface area contributed by atoms with Gasteiger partial charge in [-0.15, -0.1) is 18.8 Å². The number of aromatic amines is 1. The van der Waals surface area contributed by atoms with Gasteiger partial charge < -0.3 is 15.8 Å². The highest BCUT2D eigenvalue weighted by Crippen LogP contribution is 2.07. The van der Waals surface area contributed by atoms with Gasteiger partial charge in [-0.3, -0.25) is 0 Å². The first-order chi connectivity index (χ1) is 6.08. The van der Waals surface area contributed by atoms with Gasteiger partial charge in [-0.05, 0) is 0 Å². The summed E-state index contributed by atoms with van der Waals surface area (Å²) < 4.78 is 0. The number of rotatable bonds is 3. The Morgan fingerprint density at radius 2 is 2.50 bits per heavy atom. The molecule has 4 N–H and O–H groups in total. The van der Waals surface area contributed by atoms with E-state index >= 15 is 0 Å². The van der Waals surface area contributed by atoms with Crippen LogP contribution in [0.5, 0.6) is 0 Å². The number of halogens is 1. The fourth-order valence-electron chi connectivity index (χ4n) is 0.870. The van der Waals surface area contributed by atoms with Crippen LogP contribution in [0.3, 0.4) is 0 Å². The molecular weight excluding hydrogens is 206 g/mol. The van der Waals surface area contributed by atoms with Gasteiger partial charge in [-0.1, -0.05) is 5.92 Å². The van der Waals surface area contributed by atoms with Gasteiger partial charge in [0, 0.05) is 18.3 Å². The fraction of sp³-hybridized carbons (Fsp3) is 0.250. The smallest absolute Gasteiger partial charge is 0.336 e. The predicted molar refractivity (Wildman–Crippen MR) is 52.9 cm³/mol. The molecule has 0 spiro atoms. The molecule has 1 aromatic heterocycles. The number of carboxylic acid groups (broad SMARTS) is 1. The number of nitrogens with zero attached hydrogens (tertiary/aromatic N) is 1. The molecule has 0 bridgehead atoms. The van der Waals surface area contributed by atoms with E-state index in [1.807, 2.05) is 5.92 Å². The van der Waals surface area contributed by atoms with Crippen LogP contribution in [-0.4, -0.2) is 26.6 Å². The van der Waals surface area contributed by atoms with Gasteiger partial charge in [0.25, 0.3) is 0 Å². The van der Waals surface area contributed by atoms with Crippen molar-refractivity contribution in [1.29, 1.82) is 0 Å². The van der Waals surface area contributed by atoms with E-state index in [4.69, 9.17) is 17.3 Å². The lowest BCUT2D eigenvalue weighted by Gasteiger charge is -2.16. The van der Waals surface area contributed by atoms with Crippen LogP contribution in [0.25, 0.3) is 0 Å². The Bertz CT molecular complexity index is 344. The zero-order valence-corrected chi connectivity index (χ0v) is 8.04. The highest BCUT2D eigenvalue weighted by molar-refractivity contribution is 5.85. The van der Waals surface area contributed by atoms with Crippen LogP contribution in [0.15, 0.2) is 12.5 Å². The van der Waals surface area contributed by atoms with Crippen LogP contribution in [0.2, 0.25) is 0 Å². The Morgan fingerprint density at radius 3 is 2.86 bits per heavy atom. The Balaban J connectivity index is 0.00000169. The second-order valence-corrected chi connectivity index (χ2v) is 2.67. The molecule has 0 radical (unpaired) electrons. The molecule has 5 nitrogen and oxygen atoms in total. The van der Waals surface area contributed by atoms with E-state index < -0.39 is 11.5 Å². The van der Waals surface area contributed by atoms with Crippen molar-refractivity contribution in [1.82, 2.24) is 9.97 Å². The van der Waals surface area contributed by atoms with Crippen molar-refractivity contribution in [2.45, 2.75) is 12.0 Å². The van der Waals surface area contributed by atoms with Gasteiger partial charge in [-0.25, -0.2) is 9.78 Å². The quantitative estimate of drug-likeness (QED) is 0.609. The number of H-pyrrole nitrogens is 1. The van der Waals surface area contributed by atoms with E-state index in [1.54, 1.807) is 0 Å². The summed E-state index contributed by atoms with van der Waals surface area (Å²) in [5.74, 6) is 0.829. The third kappa shape index (κ3) is 2.49. The number of nitrogens with one attached hydrogen (secondary N) is 1. The summed E-state index contributed by atoms with van der Waals surface area (Å²) in [6, 6.07) is 0. The maximum Gasteiger partial charge on any atom is 0.336 e. The molecular formula is C8H10ClN3O2. The van der Waals surface area contributed by atoms with E-state index in [-0.39, 0.29) is 18.8 Å². The van der Waals surface area contributed by atoms with Crippen molar-refractivity contribution in [3.05, 3.63) is 18.2 Å². The van der Waals surface area contributed by atoms with Gasteiger partial charge in [-0.2, -0.15) is 0 Å². The average molecular weight is 216 g/mol. The minimum Gasteiger partial charge on any atom is -0.479 e. The first-order valence-corrected chi connectivity index (χ1v) is 3.56. The zero-order chi connectivity index (χ0) is 9.90. The second-order valence-electron chi connectivity index (χ2n) is 2.67. The lowest BCUT2D eigenvalue weighted by atomic mass is 9.96. The molecule has 1 unspecified atom stereocenters. The topological polar surface area (TPSA) is 92.0 Å². The maximum absolute atomic E-state index is 10.7. The lowest BCUT2D eigenvalue weighted by Crippen LogP contribution is -2.48. The summed E-state index contributed by atoms with van der Waals surface area (Å²) in [5, 5.41) is 8.73. The molecule has 76 valence electrons. The SMILES string of the molecule is C#CC(N)(Cc1cnc[nH]1)C(=O)O.Cl. The highest BCUT2D eigenvalue weighted by atomic mass is 35.5. The Morgan fingerprint density at radius 1 is 1.86 bits per heavy atom. The number of hydrogen-bond acceptors (Lipinski definition) is 3. The third-order valence-electron chi connectivity index (χ3n) is 1.66. The number of aromatic nitrogens is 2. The molecule has 0 aromatic carbocycles. The van der Waals surface area contributed by atoms with Crippen LogP contribution in [-0.2, 0) is 11.2 Å². The number of carbonyl (C=O) groups is 1. The first kappa shape index (κ1) is 12.5. The van der Waals surface area contributed by atoms with E-state index in [9.17, 15) is 4.79 Å². The summed E-state index contributed by atoms with van der Waals surface area (Å²) >= 11 is 0. The number of nitrogens with two attached hydrogens (primary N) is 1. The summed E-state index contributed by atoms with van der Waals surface area (Å²) in [7, 11) is 0. The number of terminal acetylenes is 1. The molecule has 0 aliphatic rings. The number of carboxylic acids is 1. The predicted octanol–water partition coefficient (Wildman–Crippen LogP) is -0.211. The summed E-state index contributed by atoms with van der Waals surface area (Å²) in [4.78, 5) is 17.1. The molecule has 0 aliphatic carbocycles. The molecule has 0 fully saturated rings. The number of aliphatic carboxylic acids is 1. The van der Waals surface area contributed by atoms with Crippen LogP contribution in [0.4, 0.5) is 0 Å². The summed E-state index contributed by atoms with van der Waals surface area (Å²) in [6.45, 7) is 0. The maximum atomic E-state index is 10.7. The number of hydrogen-bond donors (Lipinski definition) is 3. The van der Waals surface area contributed by atoms with Crippen molar-refractivity contribution in [2.24, 2.45) is 5.73 Å². The van der Waals surface area contributed by atoms with Gasteiger partial charge in [0.2, 0.25) is 0 Å². The van der Waals surface area contributed by atoms with Crippen LogP contribution < -0.4 is 5.73 Å². The molecule has 0 aliphatic heterocycles. The summed E-state index contributed by atoms with van der Waals surface area (Å²) in [5.41, 5.74) is 4.39. The van der Waals surface area contributed by atoms with Crippen LogP contribution >= 0.6 is 12.4 Å². The van der Waals surface area contributed by atoms with Crippen LogP contribution in [0, 0.1) is 12.3 Å². The van der Waals surface area contributed by atoms with Gasteiger partial charge in [0.15, 0.2) is 5.54 Å².